The molecule has 1 atom stereocenters. The predicted molar refractivity (Wildman–Crippen MR) is 98.1 cm³/mol. The molecule has 0 aliphatic rings. The molecule has 0 radical (unpaired) electrons. The van der Waals surface area contributed by atoms with Crippen LogP contribution in [-0.2, 0) is 11.3 Å². The van der Waals surface area contributed by atoms with Crippen molar-refractivity contribution in [1.82, 2.24) is 0 Å². The van der Waals surface area contributed by atoms with Gasteiger partial charge in [0, 0.05) is 16.8 Å². The van der Waals surface area contributed by atoms with Crippen molar-refractivity contribution in [3.8, 4) is 5.75 Å². The number of likely N-dealkylation sites (N-methyl/N-ethyl adjacent to an activating group) is 1. The summed E-state index contributed by atoms with van der Waals surface area (Å²) in [6, 6.07) is 11.1. The molecule has 0 fully saturated rings. The van der Waals surface area contributed by atoms with Gasteiger partial charge in [-0.15, -0.1) is 0 Å². The van der Waals surface area contributed by atoms with E-state index in [9.17, 15) is 14.0 Å². The number of hydrogen-bond acceptors (Lipinski definition) is 3. The lowest BCUT2D eigenvalue weighted by Crippen LogP contribution is -3.08. The van der Waals surface area contributed by atoms with Gasteiger partial charge in [-0.2, -0.15) is 0 Å². The van der Waals surface area contributed by atoms with E-state index < -0.39 is 5.82 Å². The number of anilines is 1. The van der Waals surface area contributed by atoms with Gasteiger partial charge in [0.25, 0.3) is 5.91 Å². The quantitative estimate of drug-likeness (QED) is 0.710. The highest BCUT2D eigenvalue weighted by molar-refractivity contribution is 5.94. The zero-order chi connectivity index (χ0) is 19.1. The van der Waals surface area contributed by atoms with E-state index in [4.69, 9.17) is 4.74 Å². The molecule has 0 saturated heterocycles. The summed E-state index contributed by atoms with van der Waals surface area (Å²) in [6.45, 7) is 4.65. The Bertz CT molecular complexity index is 792. The van der Waals surface area contributed by atoms with Crippen LogP contribution in [0.2, 0.25) is 0 Å². The van der Waals surface area contributed by atoms with E-state index in [0.29, 0.717) is 30.2 Å². The number of rotatable bonds is 8. The zero-order valence-corrected chi connectivity index (χ0v) is 15.3. The Morgan fingerprint density at radius 1 is 1.19 bits per heavy atom. The van der Waals surface area contributed by atoms with Crippen molar-refractivity contribution in [1.29, 1.82) is 0 Å². The highest BCUT2D eigenvalue weighted by Gasteiger charge is 2.15. The minimum Gasteiger partial charge on any atom is -0.493 e. The molecule has 5 nitrogen and oxygen atoms in total. The van der Waals surface area contributed by atoms with Crippen LogP contribution in [0.15, 0.2) is 42.5 Å². The van der Waals surface area contributed by atoms with E-state index in [1.807, 2.05) is 14.0 Å². The summed E-state index contributed by atoms with van der Waals surface area (Å²) in [5, 5.41) is 2.68. The number of carbonyl (C=O) groups excluding carboxylic acids is 2. The van der Waals surface area contributed by atoms with Gasteiger partial charge < -0.3 is 15.0 Å². The van der Waals surface area contributed by atoms with Crippen LogP contribution in [0.25, 0.3) is 0 Å². The Morgan fingerprint density at radius 3 is 2.62 bits per heavy atom. The number of benzene rings is 2. The Kier molecular flexibility index (Phi) is 6.86. The highest BCUT2D eigenvalue weighted by atomic mass is 19.1. The first kappa shape index (κ1) is 19.6. The van der Waals surface area contributed by atoms with E-state index in [1.54, 1.807) is 30.3 Å². The van der Waals surface area contributed by atoms with Gasteiger partial charge in [-0.3, -0.25) is 9.59 Å². The topological polar surface area (TPSA) is 59.8 Å². The summed E-state index contributed by atoms with van der Waals surface area (Å²) in [5.74, 6) is 0.0814. The number of ketones is 1. The predicted octanol–water partition coefficient (Wildman–Crippen LogP) is 2.08. The maximum Gasteiger partial charge on any atom is 0.279 e. The molecule has 6 heteroatoms. The summed E-state index contributed by atoms with van der Waals surface area (Å²) in [5.41, 5.74) is 1.91. The summed E-state index contributed by atoms with van der Waals surface area (Å²) in [7, 11) is 1.88. The number of ether oxygens (including phenoxy) is 1. The molecule has 0 saturated carbocycles. The fourth-order valence-corrected chi connectivity index (χ4v) is 2.67. The molecule has 0 aromatic heterocycles. The third-order valence-electron chi connectivity index (χ3n) is 3.83. The summed E-state index contributed by atoms with van der Waals surface area (Å²) < 4.78 is 18.8. The molecule has 26 heavy (non-hydrogen) atoms. The number of hydrogen-bond donors (Lipinski definition) is 2. The van der Waals surface area contributed by atoms with Crippen molar-refractivity contribution in [2.45, 2.75) is 20.4 Å². The first-order valence-electron chi connectivity index (χ1n) is 8.52. The van der Waals surface area contributed by atoms with Crippen LogP contribution < -0.4 is 15.0 Å². The molecule has 2 rings (SSSR count). The Morgan fingerprint density at radius 2 is 1.96 bits per heavy atom. The molecular formula is C20H24FN2O3+. The normalized spacial score (nSPS) is 11.7. The van der Waals surface area contributed by atoms with E-state index in [0.717, 1.165) is 10.5 Å². The van der Waals surface area contributed by atoms with Gasteiger partial charge in [0.2, 0.25) is 0 Å². The van der Waals surface area contributed by atoms with Gasteiger partial charge in [0.05, 0.1) is 13.7 Å². The smallest absolute Gasteiger partial charge is 0.279 e. The van der Waals surface area contributed by atoms with Crippen LogP contribution in [0.4, 0.5) is 10.1 Å². The number of nitrogens with one attached hydrogen (secondary N) is 2. The summed E-state index contributed by atoms with van der Waals surface area (Å²) in [4.78, 5) is 24.7. The minimum atomic E-state index is -0.397. The van der Waals surface area contributed by atoms with E-state index in [1.165, 1.54) is 19.1 Å². The van der Waals surface area contributed by atoms with Crippen molar-refractivity contribution in [3.63, 3.8) is 0 Å². The number of Topliss-reactive ketones (excluding diaryl/α,β-unsaturated/α-hetero) is 1. The number of halogens is 1. The minimum absolute atomic E-state index is 0.0178. The van der Waals surface area contributed by atoms with Crippen molar-refractivity contribution < 1.29 is 23.6 Å². The average Bonchev–Trinajstić information content (AvgIpc) is 2.56. The van der Waals surface area contributed by atoms with Gasteiger partial charge >= 0.3 is 0 Å². The van der Waals surface area contributed by atoms with Gasteiger partial charge in [0.15, 0.2) is 12.3 Å². The van der Waals surface area contributed by atoms with Gasteiger partial charge in [-0.25, -0.2) is 4.39 Å². The van der Waals surface area contributed by atoms with Crippen molar-refractivity contribution in [2.24, 2.45) is 0 Å². The lowest BCUT2D eigenvalue weighted by Gasteiger charge is -2.17. The lowest BCUT2D eigenvalue weighted by molar-refractivity contribution is -0.885. The lowest BCUT2D eigenvalue weighted by atomic mass is 10.1. The Balaban J connectivity index is 2.03. The molecule has 0 heterocycles. The monoisotopic (exact) mass is 359 g/mol. The third-order valence-corrected chi connectivity index (χ3v) is 3.83. The zero-order valence-electron chi connectivity index (χ0n) is 15.3. The van der Waals surface area contributed by atoms with Crippen LogP contribution >= 0.6 is 0 Å². The first-order valence-corrected chi connectivity index (χ1v) is 8.52. The number of amides is 1. The van der Waals surface area contributed by atoms with E-state index in [2.05, 4.69) is 5.32 Å². The summed E-state index contributed by atoms with van der Waals surface area (Å²) in [6.07, 6.45) is 0. The molecule has 0 spiro atoms. The fraction of sp³-hybridized carbons (Fsp3) is 0.300. The van der Waals surface area contributed by atoms with Crippen LogP contribution in [-0.4, -0.2) is 31.9 Å². The van der Waals surface area contributed by atoms with Gasteiger partial charge in [-0.1, -0.05) is 6.07 Å². The molecule has 0 bridgehead atoms. The molecular weight excluding hydrogens is 335 g/mol. The van der Waals surface area contributed by atoms with Crippen molar-refractivity contribution in [2.75, 3.05) is 25.5 Å². The van der Waals surface area contributed by atoms with Crippen molar-refractivity contribution >= 4 is 17.4 Å². The van der Waals surface area contributed by atoms with Crippen molar-refractivity contribution in [3.05, 3.63) is 59.4 Å². The summed E-state index contributed by atoms with van der Waals surface area (Å²) >= 11 is 0. The second kappa shape index (κ2) is 9.10. The van der Waals surface area contributed by atoms with E-state index >= 15 is 0 Å². The van der Waals surface area contributed by atoms with Crippen LogP contribution in [0, 0.1) is 5.82 Å². The van der Waals surface area contributed by atoms with E-state index in [-0.39, 0.29) is 18.2 Å². The maximum absolute atomic E-state index is 13.2. The molecule has 1 amide bonds. The van der Waals surface area contributed by atoms with Crippen LogP contribution in [0.3, 0.4) is 0 Å². The Labute approximate surface area is 152 Å². The molecule has 0 aliphatic heterocycles. The standard InChI is InChI=1S/C20H23FN2O3/c1-4-26-19-9-8-15(14(2)24)10-16(19)12-23(3)13-20(25)22-18-7-5-6-17(21)11-18/h5-11H,4,12-13H2,1-3H3,(H,22,25)/p+1. The third kappa shape index (κ3) is 5.67. The molecule has 138 valence electrons. The molecule has 2 aromatic rings. The SMILES string of the molecule is CCOc1ccc(C(C)=O)cc1C[NH+](C)CC(=O)Nc1cccc(F)c1. The van der Waals surface area contributed by atoms with Gasteiger partial charge in [0.1, 0.15) is 18.1 Å². The van der Waals surface area contributed by atoms with Crippen LogP contribution in [0.5, 0.6) is 5.75 Å². The average molecular weight is 359 g/mol. The number of carbonyl (C=O) groups is 2. The second-order valence-corrected chi connectivity index (χ2v) is 6.18. The van der Waals surface area contributed by atoms with Crippen LogP contribution in [0.1, 0.15) is 29.8 Å². The largest absolute Gasteiger partial charge is 0.493 e. The second-order valence-electron chi connectivity index (χ2n) is 6.18. The maximum atomic E-state index is 13.2. The molecule has 2 aromatic carbocycles. The molecule has 2 N–H and O–H groups in total. The van der Waals surface area contributed by atoms with Gasteiger partial charge in [-0.05, 0) is 50.2 Å². The number of quaternary nitrogens is 1. The highest BCUT2D eigenvalue weighted by Crippen LogP contribution is 2.20. The Hall–Kier alpha value is -2.73. The molecule has 0 aliphatic carbocycles. The fourth-order valence-electron chi connectivity index (χ4n) is 2.67. The molecule has 1 unspecified atom stereocenters. The first-order chi connectivity index (χ1) is 12.4.